The molecule has 0 radical (unpaired) electrons. The van der Waals surface area contributed by atoms with Crippen LogP contribution in [0.4, 0.5) is 0 Å². The summed E-state index contributed by atoms with van der Waals surface area (Å²) in [6, 6.07) is 4.30. The molecular formula is C13H17NO4. The molecule has 0 aliphatic rings. The molecule has 0 amide bonds. The maximum Gasteiger partial charge on any atom is 0.320 e. The number of rotatable bonds is 5. The highest BCUT2D eigenvalue weighted by atomic mass is 16.4. The van der Waals surface area contributed by atoms with Crippen molar-refractivity contribution in [3.63, 3.8) is 0 Å². The lowest BCUT2D eigenvalue weighted by Crippen LogP contribution is -2.32. The van der Waals surface area contributed by atoms with Gasteiger partial charge in [0.1, 0.15) is 6.04 Å². The van der Waals surface area contributed by atoms with Crippen molar-refractivity contribution in [2.24, 2.45) is 5.73 Å². The smallest absolute Gasteiger partial charge is 0.320 e. The summed E-state index contributed by atoms with van der Waals surface area (Å²) >= 11 is 0. The quantitative estimate of drug-likeness (QED) is 0.728. The molecule has 1 rings (SSSR count). The van der Waals surface area contributed by atoms with Crippen LogP contribution in [-0.2, 0) is 16.0 Å². The molecule has 0 bridgehead atoms. The van der Waals surface area contributed by atoms with Crippen LogP contribution in [0.15, 0.2) is 18.2 Å². The third-order valence-corrected chi connectivity index (χ3v) is 2.89. The van der Waals surface area contributed by atoms with Crippen molar-refractivity contribution in [1.29, 1.82) is 0 Å². The molecule has 1 aromatic rings. The lowest BCUT2D eigenvalue weighted by Gasteiger charge is -2.15. The van der Waals surface area contributed by atoms with Crippen LogP contribution in [0, 0.1) is 6.92 Å². The van der Waals surface area contributed by atoms with E-state index >= 15 is 0 Å². The number of aliphatic carboxylic acids is 2. The second kappa shape index (κ2) is 5.64. The van der Waals surface area contributed by atoms with E-state index in [9.17, 15) is 9.59 Å². The largest absolute Gasteiger partial charge is 0.481 e. The molecule has 0 aromatic heterocycles. The van der Waals surface area contributed by atoms with Gasteiger partial charge in [-0.25, -0.2) is 0 Å². The highest BCUT2D eigenvalue weighted by Crippen LogP contribution is 2.22. The molecule has 2 unspecified atom stereocenters. The minimum atomic E-state index is -1.09. The highest BCUT2D eigenvalue weighted by molar-refractivity contribution is 5.77. The van der Waals surface area contributed by atoms with Gasteiger partial charge < -0.3 is 15.9 Å². The zero-order valence-corrected chi connectivity index (χ0v) is 10.4. The van der Waals surface area contributed by atoms with Gasteiger partial charge in [0.15, 0.2) is 0 Å². The summed E-state index contributed by atoms with van der Waals surface area (Å²) in [4.78, 5) is 21.8. The Hall–Kier alpha value is -1.88. The van der Waals surface area contributed by atoms with Gasteiger partial charge in [0.05, 0.1) is 5.92 Å². The van der Waals surface area contributed by atoms with Crippen molar-refractivity contribution in [2.45, 2.75) is 32.2 Å². The number of benzene rings is 1. The second-order valence-electron chi connectivity index (χ2n) is 4.41. The zero-order chi connectivity index (χ0) is 13.9. The van der Waals surface area contributed by atoms with Gasteiger partial charge in [0, 0.05) is 0 Å². The molecule has 0 saturated carbocycles. The summed E-state index contributed by atoms with van der Waals surface area (Å²) < 4.78 is 0. The van der Waals surface area contributed by atoms with Crippen LogP contribution < -0.4 is 5.73 Å². The van der Waals surface area contributed by atoms with E-state index in [1.165, 1.54) is 0 Å². The summed E-state index contributed by atoms with van der Waals surface area (Å²) in [6.07, 6.45) is 0.129. The summed E-state index contributed by atoms with van der Waals surface area (Å²) in [5, 5.41) is 17.8. The topological polar surface area (TPSA) is 101 Å². The van der Waals surface area contributed by atoms with Crippen LogP contribution in [0.1, 0.15) is 29.5 Å². The number of nitrogens with two attached hydrogens (primary N) is 1. The second-order valence-corrected chi connectivity index (χ2v) is 4.41. The molecule has 1 aromatic carbocycles. The molecule has 4 N–H and O–H groups in total. The van der Waals surface area contributed by atoms with Gasteiger partial charge >= 0.3 is 11.9 Å². The van der Waals surface area contributed by atoms with E-state index in [0.717, 1.165) is 5.56 Å². The third-order valence-electron chi connectivity index (χ3n) is 2.89. The van der Waals surface area contributed by atoms with E-state index < -0.39 is 23.9 Å². The van der Waals surface area contributed by atoms with E-state index in [-0.39, 0.29) is 6.42 Å². The maximum atomic E-state index is 11.0. The Morgan fingerprint density at radius 2 is 1.89 bits per heavy atom. The Morgan fingerprint density at radius 3 is 2.39 bits per heavy atom. The predicted octanol–water partition coefficient (Wildman–Crippen LogP) is 1.14. The van der Waals surface area contributed by atoms with Crippen LogP contribution in [0.25, 0.3) is 0 Å². The average molecular weight is 251 g/mol. The number of carbonyl (C=O) groups is 2. The highest BCUT2D eigenvalue weighted by Gasteiger charge is 2.20. The molecule has 18 heavy (non-hydrogen) atoms. The Morgan fingerprint density at radius 1 is 1.28 bits per heavy atom. The Labute approximate surface area is 105 Å². The molecule has 0 spiro atoms. The van der Waals surface area contributed by atoms with Gasteiger partial charge in [0.2, 0.25) is 0 Å². The Balaban J connectivity index is 3.11. The van der Waals surface area contributed by atoms with Crippen molar-refractivity contribution in [3.8, 4) is 0 Å². The van der Waals surface area contributed by atoms with Gasteiger partial charge in [-0.15, -0.1) is 0 Å². The number of hydrogen-bond acceptors (Lipinski definition) is 3. The lowest BCUT2D eigenvalue weighted by molar-refractivity contribution is -0.139. The average Bonchev–Trinajstić information content (AvgIpc) is 2.28. The maximum absolute atomic E-state index is 11.0. The van der Waals surface area contributed by atoms with E-state index in [1.54, 1.807) is 19.1 Å². The van der Waals surface area contributed by atoms with E-state index in [1.807, 2.05) is 13.0 Å². The summed E-state index contributed by atoms with van der Waals surface area (Å²) in [5.41, 5.74) is 7.74. The molecule has 5 nitrogen and oxygen atoms in total. The van der Waals surface area contributed by atoms with Crippen LogP contribution in [0.3, 0.4) is 0 Å². The van der Waals surface area contributed by atoms with E-state index in [4.69, 9.17) is 15.9 Å². The van der Waals surface area contributed by atoms with Crippen molar-refractivity contribution in [2.75, 3.05) is 0 Å². The summed E-state index contributed by atoms with van der Waals surface area (Å²) in [6.45, 7) is 3.44. The molecule has 2 atom stereocenters. The Bertz CT molecular complexity index is 470. The van der Waals surface area contributed by atoms with Crippen molar-refractivity contribution < 1.29 is 19.8 Å². The zero-order valence-electron chi connectivity index (χ0n) is 10.4. The summed E-state index contributed by atoms with van der Waals surface area (Å²) in [5.74, 6) is -2.71. The fraction of sp³-hybridized carbons (Fsp3) is 0.385. The van der Waals surface area contributed by atoms with Crippen LogP contribution >= 0.6 is 0 Å². The van der Waals surface area contributed by atoms with Crippen molar-refractivity contribution >= 4 is 11.9 Å². The molecule has 0 fully saturated rings. The SMILES string of the molecule is Cc1ccc(C(C)C(=O)O)c(CC(N)C(=O)O)c1. The predicted molar refractivity (Wildman–Crippen MR) is 66.5 cm³/mol. The summed E-state index contributed by atoms with van der Waals surface area (Å²) in [7, 11) is 0. The third kappa shape index (κ3) is 3.30. The number of carboxylic acid groups (broad SMARTS) is 2. The first kappa shape index (κ1) is 14.2. The fourth-order valence-electron chi connectivity index (χ4n) is 1.79. The number of hydrogen-bond donors (Lipinski definition) is 3. The molecule has 0 aliphatic heterocycles. The van der Waals surface area contributed by atoms with Crippen LogP contribution in [0.2, 0.25) is 0 Å². The van der Waals surface area contributed by atoms with Gasteiger partial charge in [-0.05, 0) is 31.4 Å². The van der Waals surface area contributed by atoms with Crippen molar-refractivity contribution in [1.82, 2.24) is 0 Å². The lowest BCUT2D eigenvalue weighted by atomic mass is 9.91. The number of carboxylic acids is 2. The minimum absolute atomic E-state index is 0.129. The molecule has 0 aliphatic carbocycles. The molecule has 0 saturated heterocycles. The van der Waals surface area contributed by atoms with Gasteiger partial charge in [-0.3, -0.25) is 9.59 Å². The Kier molecular flexibility index (Phi) is 4.44. The minimum Gasteiger partial charge on any atom is -0.481 e. The first-order valence-electron chi connectivity index (χ1n) is 5.63. The van der Waals surface area contributed by atoms with Gasteiger partial charge in [-0.2, -0.15) is 0 Å². The molecule has 98 valence electrons. The number of aryl methyl sites for hydroxylation is 1. The standard InChI is InChI=1S/C13H17NO4/c1-7-3-4-10(8(2)12(15)16)9(5-7)6-11(14)13(17)18/h3-5,8,11H,6,14H2,1-2H3,(H,15,16)(H,17,18). The van der Waals surface area contributed by atoms with Crippen molar-refractivity contribution in [3.05, 3.63) is 34.9 Å². The fourth-order valence-corrected chi connectivity index (χ4v) is 1.79. The molecule has 5 heteroatoms. The van der Waals surface area contributed by atoms with E-state index in [2.05, 4.69) is 0 Å². The van der Waals surface area contributed by atoms with E-state index in [0.29, 0.717) is 11.1 Å². The van der Waals surface area contributed by atoms with Gasteiger partial charge in [-0.1, -0.05) is 23.8 Å². The molecule has 0 heterocycles. The molecular weight excluding hydrogens is 234 g/mol. The van der Waals surface area contributed by atoms with Crippen LogP contribution in [-0.4, -0.2) is 28.2 Å². The first-order valence-corrected chi connectivity index (χ1v) is 5.63. The first-order chi connectivity index (χ1) is 8.32. The normalized spacial score (nSPS) is 13.9. The monoisotopic (exact) mass is 251 g/mol. The van der Waals surface area contributed by atoms with Gasteiger partial charge in [0.25, 0.3) is 0 Å². The van der Waals surface area contributed by atoms with Crippen LogP contribution in [0.5, 0.6) is 0 Å².